The molecular weight excluding hydrogens is 258 g/mol. The molecule has 1 rings (SSSR count). The van der Waals surface area contributed by atoms with Crippen LogP contribution in [0.4, 0.5) is 0 Å². The topological polar surface area (TPSA) is 3.24 Å². The molecule has 0 aromatic heterocycles. The fourth-order valence-electron chi connectivity index (χ4n) is 3.74. The monoisotopic (exact) mass is 295 g/mol. The van der Waals surface area contributed by atoms with E-state index in [1.54, 1.807) is 5.57 Å². The highest BCUT2D eigenvalue weighted by atomic mass is 28.3. The first-order chi connectivity index (χ1) is 9.72. The van der Waals surface area contributed by atoms with Crippen LogP contribution >= 0.6 is 0 Å². The SMILES string of the molecule is C/C=C(/C[SiH](CCC)CCC)C(C)N1CCCCCC1. The van der Waals surface area contributed by atoms with E-state index in [2.05, 4.69) is 38.7 Å². The molecule has 0 bridgehead atoms. The Kier molecular flexibility index (Phi) is 9.54. The zero-order chi connectivity index (χ0) is 14.8. The molecule has 1 atom stereocenters. The number of hydrogen-bond donors (Lipinski definition) is 0. The molecule has 0 amide bonds. The number of nitrogens with zero attached hydrogens (tertiary/aromatic N) is 1. The van der Waals surface area contributed by atoms with Crippen molar-refractivity contribution in [3.05, 3.63) is 11.6 Å². The summed E-state index contributed by atoms with van der Waals surface area (Å²) < 4.78 is 0. The Morgan fingerprint density at radius 3 is 2.05 bits per heavy atom. The Morgan fingerprint density at radius 1 is 1.05 bits per heavy atom. The van der Waals surface area contributed by atoms with E-state index in [9.17, 15) is 0 Å². The molecule has 0 aromatic rings. The fraction of sp³-hybridized carbons (Fsp3) is 0.889. The first kappa shape index (κ1) is 18.0. The highest BCUT2D eigenvalue weighted by molar-refractivity contribution is 6.59. The van der Waals surface area contributed by atoms with Crippen molar-refractivity contribution in [3.63, 3.8) is 0 Å². The molecule has 1 saturated heterocycles. The molecule has 1 unspecified atom stereocenters. The Labute approximate surface area is 129 Å². The molecule has 1 aliphatic rings. The minimum Gasteiger partial charge on any atom is -0.297 e. The van der Waals surface area contributed by atoms with E-state index in [0.29, 0.717) is 6.04 Å². The van der Waals surface area contributed by atoms with Crippen LogP contribution in [-0.4, -0.2) is 32.8 Å². The summed E-state index contributed by atoms with van der Waals surface area (Å²) in [5.74, 6) is 0. The second-order valence-corrected chi connectivity index (χ2v) is 9.93. The van der Waals surface area contributed by atoms with Gasteiger partial charge < -0.3 is 0 Å². The van der Waals surface area contributed by atoms with E-state index in [1.165, 1.54) is 69.7 Å². The summed E-state index contributed by atoms with van der Waals surface area (Å²) in [5, 5.41) is 0. The molecule has 0 saturated carbocycles. The van der Waals surface area contributed by atoms with Crippen molar-refractivity contribution in [2.45, 2.75) is 90.4 Å². The van der Waals surface area contributed by atoms with E-state index in [4.69, 9.17) is 0 Å². The molecule has 1 fully saturated rings. The maximum absolute atomic E-state index is 2.76. The fourth-order valence-corrected chi connectivity index (χ4v) is 7.32. The van der Waals surface area contributed by atoms with Crippen molar-refractivity contribution >= 4 is 8.80 Å². The molecule has 1 aliphatic heterocycles. The zero-order valence-corrected chi connectivity index (χ0v) is 15.6. The van der Waals surface area contributed by atoms with Gasteiger partial charge in [-0.3, -0.25) is 4.90 Å². The van der Waals surface area contributed by atoms with E-state index in [1.807, 2.05) is 0 Å². The molecule has 0 aliphatic carbocycles. The van der Waals surface area contributed by atoms with Gasteiger partial charge in [0, 0.05) is 14.8 Å². The molecule has 2 heteroatoms. The van der Waals surface area contributed by atoms with Gasteiger partial charge in [-0.1, -0.05) is 63.3 Å². The largest absolute Gasteiger partial charge is 0.297 e. The smallest absolute Gasteiger partial charge is 0.0409 e. The molecule has 0 radical (unpaired) electrons. The van der Waals surface area contributed by atoms with Crippen molar-refractivity contribution in [1.82, 2.24) is 4.90 Å². The third-order valence-electron chi connectivity index (χ3n) is 5.01. The van der Waals surface area contributed by atoms with Gasteiger partial charge in [0.05, 0.1) is 0 Å². The Balaban J connectivity index is 2.58. The molecule has 0 spiro atoms. The van der Waals surface area contributed by atoms with E-state index < -0.39 is 8.80 Å². The highest BCUT2D eigenvalue weighted by Gasteiger charge is 2.21. The summed E-state index contributed by atoms with van der Waals surface area (Å²) in [7, 11) is -0.526. The summed E-state index contributed by atoms with van der Waals surface area (Å²) in [6.45, 7) is 12.1. The van der Waals surface area contributed by atoms with Crippen molar-refractivity contribution in [1.29, 1.82) is 0 Å². The first-order valence-corrected chi connectivity index (χ1v) is 11.6. The van der Waals surface area contributed by atoms with Crippen LogP contribution < -0.4 is 0 Å². The maximum Gasteiger partial charge on any atom is 0.0409 e. The van der Waals surface area contributed by atoms with Crippen molar-refractivity contribution in [2.75, 3.05) is 13.1 Å². The number of rotatable bonds is 8. The van der Waals surface area contributed by atoms with Gasteiger partial charge >= 0.3 is 0 Å². The van der Waals surface area contributed by atoms with Crippen LogP contribution in [0.5, 0.6) is 0 Å². The quantitative estimate of drug-likeness (QED) is 0.437. The van der Waals surface area contributed by atoms with Gasteiger partial charge in [0.1, 0.15) is 0 Å². The molecule has 1 nitrogen and oxygen atoms in total. The molecule has 0 N–H and O–H groups in total. The minimum absolute atomic E-state index is 0.526. The third kappa shape index (κ3) is 6.13. The van der Waals surface area contributed by atoms with Crippen LogP contribution in [0.1, 0.15) is 66.2 Å². The molecule has 1 heterocycles. The van der Waals surface area contributed by atoms with Gasteiger partial charge in [0.15, 0.2) is 0 Å². The Morgan fingerprint density at radius 2 is 1.60 bits per heavy atom. The lowest BCUT2D eigenvalue weighted by Gasteiger charge is -2.31. The van der Waals surface area contributed by atoms with Crippen LogP contribution in [0, 0.1) is 0 Å². The van der Waals surface area contributed by atoms with Crippen molar-refractivity contribution in [2.24, 2.45) is 0 Å². The summed E-state index contributed by atoms with van der Waals surface area (Å²) in [4.78, 5) is 2.76. The second kappa shape index (κ2) is 10.6. The number of likely N-dealkylation sites (tertiary alicyclic amines) is 1. The highest BCUT2D eigenvalue weighted by Crippen LogP contribution is 2.23. The van der Waals surface area contributed by atoms with Gasteiger partial charge in [-0.2, -0.15) is 0 Å². The van der Waals surface area contributed by atoms with Crippen molar-refractivity contribution < 1.29 is 0 Å². The average Bonchev–Trinajstić information content (AvgIpc) is 2.73. The molecule has 0 aromatic carbocycles. The summed E-state index contributed by atoms with van der Waals surface area (Å²) >= 11 is 0. The molecule has 20 heavy (non-hydrogen) atoms. The lowest BCUT2D eigenvalue weighted by molar-refractivity contribution is 0.242. The van der Waals surface area contributed by atoms with Gasteiger partial charge in [-0.05, 0) is 45.8 Å². The first-order valence-electron chi connectivity index (χ1n) is 9.12. The average molecular weight is 296 g/mol. The normalized spacial score (nSPS) is 20.1. The number of hydrogen-bond acceptors (Lipinski definition) is 1. The van der Waals surface area contributed by atoms with E-state index in [-0.39, 0.29) is 0 Å². The lowest BCUT2D eigenvalue weighted by atomic mass is 10.1. The third-order valence-corrected chi connectivity index (χ3v) is 8.85. The maximum atomic E-state index is 2.76. The number of allylic oxidation sites excluding steroid dienone is 1. The minimum atomic E-state index is -0.526. The Hall–Kier alpha value is -0.0831. The van der Waals surface area contributed by atoms with Crippen LogP contribution in [0.3, 0.4) is 0 Å². The molecular formula is C18H37NSi. The van der Waals surface area contributed by atoms with E-state index in [0.717, 1.165) is 0 Å². The standard InChI is InChI=1S/C18H37NSi/c1-5-14-20(15-6-2)16-18(7-3)17(4)19-12-10-8-9-11-13-19/h7,17,20H,5-6,8-16H2,1-4H3/b18-7-. The van der Waals surface area contributed by atoms with Gasteiger partial charge in [-0.25, -0.2) is 0 Å². The Bertz CT molecular complexity index is 261. The van der Waals surface area contributed by atoms with E-state index >= 15 is 0 Å². The molecule has 118 valence electrons. The second-order valence-electron chi connectivity index (χ2n) is 6.64. The predicted molar refractivity (Wildman–Crippen MR) is 95.4 cm³/mol. The lowest BCUT2D eigenvalue weighted by Crippen LogP contribution is -2.36. The van der Waals surface area contributed by atoms with Gasteiger partial charge in [0.25, 0.3) is 0 Å². The van der Waals surface area contributed by atoms with Gasteiger partial charge in [0.2, 0.25) is 0 Å². The van der Waals surface area contributed by atoms with Crippen LogP contribution in [0.15, 0.2) is 11.6 Å². The summed E-state index contributed by atoms with van der Waals surface area (Å²) in [6, 6.07) is 5.24. The predicted octanol–water partition coefficient (Wildman–Crippen LogP) is 5.24. The van der Waals surface area contributed by atoms with Crippen LogP contribution in [0.25, 0.3) is 0 Å². The van der Waals surface area contributed by atoms with Crippen LogP contribution in [0.2, 0.25) is 18.1 Å². The zero-order valence-electron chi connectivity index (χ0n) is 14.5. The van der Waals surface area contributed by atoms with Crippen LogP contribution in [-0.2, 0) is 0 Å². The van der Waals surface area contributed by atoms with Gasteiger partial charge in [-0.15, -0.1) is 0 Å². The summed E-state index contributed by atoms with van der Waals surface area (Å²) in [5.41, 5.74) is 1.76. The summed E-state index contributed by atoms with van der Waals surface area (Å²) in [6.07, 6.45) is 10.9. The van der Waals surface area contributed by atoms with Crippen molar-refractivity contribution in [3.8, 4) is 0 Å².